The number of anilines is 1. The van der Waals surface area contributed by atoms with Crippen molar-refractivity contribution in [3.8, 4) is 0 Å². The molecule has 8 heteroatoms. The first-order chi connectivity index (χ1) is 15.9. The van der Waals surface area contributed by atoms with E-state index in [1.54, 1.807) is 0 Å². The van der Waals surface area contributed by atoms with Gasteiger partial charge in [-0.3, -0.25) is 9.69 Å². The lowest BCUT2D eigenvalue weighted by Gasteiger charge is -2.33. The highest BCUT2D eigenvalue weighted by molar-refractivity contribution is 7.89. The Hall–Kier alpha value is -2.81. The summed E-state index contributed by atoms with van der Waals surface area (Å²) in [5.41, 5.74) is 0.905. The summed E-state index contributed by atoms with van der Waals surface area (Å²) in [7, 11) is -3.70. The molecule has 3 aromatic rings. The average molecular weight is 470 g/mol. The number of fused-ring (bicyclic) bond motifs is 1. The SMILES string of the molecule is CCN(C(=O)CN1CCC(NS(=O)(=O)c2ccc(F)cc2)CC1)c1cccc2ccccc12. The predicted octanol–water partition coefficient (Wildman–Crippen LogP) is 3.77. The molecule has 0 aromatic heterocycles. The third kappa shape index (κ3) is 5.40. The number of amides is 1. The van der Waals surface area contributed by atoms with Gasteiger partial charge in [0, 0.05) is 31.1 Å². The normalized spacial score (nSPS) is 15.6. The summed E-state index contributed by atoms with van der Waals surface area (Å²) < 4.78 is 40.9. The zero-order valence-corrected chi connectivity index (χ0v) is 19.4. The van der Waals surface area contributed by atoms with Crippen molar-refractivity contribution in [2.45, 2.75) is 30.7 Å². The Morgan fingerprint density at radius 2 is 1.70 bits per heavy atom. The van der Waals surface area contributed by atoms with Crippen molar-refractivity contribution in [3.63, 3.8) is 0 Å². The van der Waals surface area contributed by atoms with Crippen LogP contribution in [0.5, 0.6) is 0 Å². The van der Waals surface area contributed by atoms with Crippen molar-refractivity contribution in [1.82, 2.24) is 9.62 Å². The molecule has 1 aliphatic heterocycles. The second-order valence-corrected chi connectivity index (χ2v) is 9.98. The number of likely N-dealkylation sites (N-methyl/N-ethyl adjacent to an activating group) is 1. The van der Waals surface area contributed by atoms with Crippen molar-refractivity contribution in [3.05, 3.63) is 72.5 Å². The number of carbonyl (C=O) groups excluding carboxylic acids is 1. The number of nitrogens with one attached hydrogen (secondary N) is 1. The molecule has 0 aliphatic carbocycles. The molecule has 0 saturated carbocycles. The minimum atomic E-state index is -3.70. The monoisotopic (exact) mass is 469 g/mol. The van der Waals surface area contributed by atoms with Gasteiger partial charge in [-0.25, -0.2) is 17.5 Å². The van der Waals surface area contributed by atoms with Crippen molar-refractivity contribution >= 4 is 32.4 Å². The molecule has 0 radical (unpaired) electrons. The summed E-state index contributed by atoms with van der Waals surface area (Å²) in [6.07, 6.45) is 1.21. The van der Waals surface area contributed by atoms with Gasteiger partial charge in [-0.1, -0.05) is 36.4 Å². The number of hydrogen-bond donors (Lipinski definition) is 1. The van der Waals surface area contributed by atoms with Crippen molar-refractivity contribution < 1.29 is 17.6 Å². The molecule has 0 bridgehead atoms. The molecule has 0 unspecified atom stereocenters. The molecule has 1 fully saturated rings. The van der Waals surface area contributed by atoms with Crippen LogP contribution in [0.1, 0.15) is 19.8 Å². The molecule has 174 valence electrons. The number of benzene rings is 3. The Morgan fingerprint density at radius 1 is 1.03 bits per heavy atom. The summed E-state index contributed by atoms with van der Waals surface area (Å²) >= 11 is 0. The quantitative estimate of drug-likeness (QED) is 0.572. The molecule has 1 saturated heterocycles. The van der Waals surface area contributed by atoms with Crippen LogP contribution in [0.15, 0.2) is 71.6 Å². The maximum atomic E-state index is 13.2. The summed E-state index contributed by atoms with van der Waals surface area (Å²) in [4.78, 5) is 17.1. The van der Waals surface area contributed by atoms with Crippen LogP contribution < -0.4 is 9.62 Å². The topological polar surface area (TPSA) is 69.7 Å². The number of carbonyl (C=O) groups is 1. The summed E-state index contributed by atoms with van der Waals surface area (Å²) in [6, 6.07) is 18.6. The third-order valence-corrected chi connectivity index (χ3v) is 7.60. The third-order valence-electron chi connectivity index (χ3n) is 6.07. The van der Waals surface area contributed by atoms with E-state index in [0.717, 1.165) is 28.6 Å². The lowest BCUT2D eigenvalue weighted by molar-refractivity contribution is -0.120. The van der Waals surface area contributed by atoms with E-state index in [4.69, 9.17) is 0 Å². The molecular weight excluding hydrogens is 441 g/mol. The number of halogens is 1. The van der Waals surface area contributed by atoms with E-state index in [2.05, 4.69) is 9.62 Å². The lowest BCUT2D eigenvalue weighted by Crippen LogP contribution is -2.48. The van der Waals surface area contributed by atoms with E-state index in [-0.39, 0.29) is 23.4 Å². The fraction of sp³-hybridized carbons (Fsp3) is 0.320. The highest BCUT2D eigenvalue weighted by Crippen LogP contribution is 2.27. The maximum Gasteiger partial charge on any atom is 0.241 e. The number of hydrogen-bond acceptors (Lipinski definition) is 4. The highest BCUT2D eigenvalue weighted by Gasteiger charge is 2.27. The standard InChI is InChI=1S/C25H28FN3O3S/c1-2-29(24-9-5-7-19-6-3-4-8-23(19)24)25(30)18-28-16-14-21(15-17-28)27-33(31,32)22-12-10-20(26)11-13-22/h3-13,21,27H,2,14-18H2,1H3. The van der Waals surface area contributed by atoms with Crippen molar-refractivity contribution in [1.29, 1.82) is 0 Å². The Balaban J connectivity index is 1.36. The zero-order chi connectivity index (χ0) is 23.4. The molecule has 1 aliphatic rings. The lowest BCUT2D eigenvalue weighted by atomic mass is 10.1. The van der Waals surface area contributed by atoms with E-state index in [0.29, 0.717) is 32.5 Å². The largest absolute Gasteiger partial charge is 0.311 e. The van der Waals surface area contributed by atoms with Gasteiger partial charge in [0.2, 0.25) is 15.9 Å². The summed E-state index contributed by atoms with van der Waals surface area (Å²) in [6.45, 7) is 4.07. The van der Waals surface area contributed by atoms with E-state index in [9.17, 15) is 17.6 Å². The number of sulfonamides is 1. The van der Waals surface area contributed by atoms with Gasteiger partial charge in [0.25, 0.3) is 0 Å². The van der Waals surface area contributed by atoms with Crippen molar-refractivity contribution in [2.75, 3.05) is 31.1 Å². The van der Waals surface area contributed by atoms with Crippen LogP contribution in [0.4, 0.5) is 10.1 Å². The first-order valence-electron chi connectivity index (χ1n) is 11.2. The van der Waals surface area contributed by atoms with Crippen LogP contribution >= 0.6 is 0 Å². The van der Waals surface area contributed by atoms with Gasteiger partial charge in [0.1, 0.15) is 5.82 Å². The minimum absolute atomic E-state index is 0.0270. The molecular formula is C25H28FN3O3S. The predicted molar refractivity (Wildman–Crippen MR) is 128 cm³/mol. The van der Waals surface area contributed by atoms with Crippen LogP contribution in [0.3, 0.4) is 0 Å². The second kappa shape index (κ2) is 9.99. The first-order valence-corrected chi connectivity index (χ1v) is 12.6. The molecule has 1 heterocycles. The van der Waals surface area contributed by atoms with Gasteiger partial charge >= 0.3 is 0 Å². The molecule has 0 spiro atoms. The van der Waals surface area contributed by atoms with Crippen LogP contribution in [-0.4, -0.2) is 51.4 Å². The number of rotatable bonds is 7. The molecule has 3 aromatic carbocycles. The van der Waals surface area contributed by atoms with Crippen LogP contribution in [0.25, 0.3) is 10.8 Å². The Kier molecular flexibility index (Phi) is 7.07. The van der Waals surface area contributed by atoms with Crippen molar-refractivity contribution in [2.24, 2.45) is 0 Å². The zero-order valence-electron chi connectivity index (χ0n) is 18.6. The Bertz CT molecular complexity index is 1220. The Morgan fingerprint density at radius 3 is 2.39 bits per heavy atom. The average Bonchev–Trinajstić information content (AvgIpc) is 2.81. The van der Waals surface area contributed by atoms with E-state index < -0.39 is 15.8 Å². The molecule has 33 heavy (non-hydrogen) atoms. The molecule has 1 N–H and O–H groups in total. The van der Waals surface area contributed by atoms with E-state index >= 15 is 0 Å². The van der Waals surface area contributed by atoms with Crippen LogP contribution in [-0.2, 0) is 14.8 Å². The summed E-state index contributed by atoms with van der Waals surface area (Å²) in [5.74, 6) is -0.448. The fourth-order valence-electron chi connectivity index (χ4n) is 4.31. The molecule has 6 nitrogen and oxygen atoms in total. The van der Waals surface area contributed by atoms with E-state index in [1.165, 1.54) is 12.1 Å². The van der Waals surface area contributed by atoms with Gasteiger partial charge in [-0.2, -0.15) is 0 Å². The maximum absolute atomic E-state index is 13.2. The number of likely N-dealkylation sites (tertiary alicyclic amines) is 1. The number of piperidine rings is 1. The Labute approximate surface area is 194 Å². The molecule has 0 atom stereocenters. The number of nitrogens with zero attached hydrogens (tertiary/aromatic N) is 2. The van der Waals surface area contributed by atoms with Gasteiger partial charge in [-0.15, -0.1) is 0 Å². The van der Waals surface area contributed by atoms with E-state index in [1.807, 2.05) is 54.3 Å². The smallest absolute Gasteiger partial charge is 0.241 e. The molecule has 1 amide bonds. The van der Waals surface area contributed by atoms with Gasteiger partial charge in [0.05, 0.1) is 17.1 Å². The molecule has 4 rings (SSSR count). The van der Waals surface area contributed by atoms with Gasteiger partial charge in [0.15, 0.2) is 0 Å². The first kappa shape index (κ1) is 23.4. The van der Waals surface area contributed by atoms with Gasteiger partial charge < -0.3 is 4.90 Å². The summed E-state index contributed by atoms with van der Waals surface area (Å²) in [5, 5.41) is 2.14. The minimum Gasteiger partial charge on any atom is -0.311 e. The van der Waals surface area contributed by atoms with Gasteiger partial charge in [-0.05, 0) is 55.5 Å². The van der Waals surface area contributed by atoms with Crippen LogP contribution in [0, 0.1) is 5.82 Å². The second-order valence-electron chi connectivity index (χ2n) is 8.26. The van der Waals surface area contributed by atoms with Crippen LogP contribution in [0.2, 0.25) is 0 Å². The highest BCUT2D eigenvalue weighted by atomic mass is 32.2. The fourth-order valence-corrected chi connectivity index (χ4v) is 5.62.